The lowest BCUT2D eigenvalue weighted by Crippen LogP contribution is -2.32. The van der Waals surface area contributed by atoms with Gasteiger partial charge in [-0.15, -0.1) is 12.4 Å². The SMILES string of the molecule is CCc1ccc(C(=O)NC2C3CNCC32)cc1.Cl. The molecule has 0 radical (unpaired) electrons. The zero-order valence-corrected chi connectivity index (χ0v) is 11.3. The molecule has 18 heavy (non-hydrogen) atoms. The second kappa shape index (κ2) is 5.29. The van der Waals surface area contributed by atoms with Crippen molar-refractivity contribution in [3.8, 4) is 0 Å². The number of fused-ring (bicyclic) bond motifs is 1. The molecule has 2 unspecified atom stereocenters. The molecule has 3 nitrogen and oxygen atoms in total. The molecule has 1 amide bonds. The summed E-state index contributed by atoms with van der Waals surface area (Å²) >= 11 is 0. The van der Waals surface area contributed by atoms with E-state index in [4.69, 9.17) is 0 Å². The number of rotatable bonds is 3. The Morgan fingerprint density at radius 3 is 2.44 bits per heavy atom. The van der Waals surface area contributed by atoms with E-state index in [1.165, 1.54) is 5.56 Å². The van der Waals surface area contributed by atoms with Crippen molar-refractivity contribution in [3.05, 3.63) is 35.4 Å². The van der Waals surface area contributed by atoms with Gasteiger partial charge in [-0.25, -0.2) is 0 Å². The Hall–Kier alpha value is -1.06. The summed E-state index contributed by atoms with van der Waals surface area (Å²) in [6.45, 7) is 4.24. The van der Waals surface area contributed by atoms with Crippen LogP contribution in [0.4, 0.5) is 0 Å². The molecule has 4 heteroatoms. The Kier molecular flexibility index (Phi) is 3.93. The van der Waals surface area contributed by atoms with Gasteiger partial charge < -0.3 is 10.6 Å². The summed E-state index contributed by atoms with van der Waals surface area (Å²) in [4.78, 5) is 12.0. The van der Waals surface area contributed by atoms with Gasteiger partial charge in [0.05, 0.1) is 0 Å². The standard InChI is InChI=1S/C14H18N2O.ClH/c1-2-9-3-5-10(6-4-9)14(17)16-13-11-7-15-8-12(11)13;/h3-6,11-13,15H,2,7-8H2,1H3,(H,16,17);1H. The topological polar surface area (TPSA) is 41.1 Å². The number of halogens is 1. The zero-order chi connectivity index (χ0) is 11.8. The largest absolute Gasteiger partial charge is 0.349 e. The molecule has 1 aliphatic heterocycles. The van der Waals surface area contributed by atoms with Crippen LogP contribution < -0.4 is 10.6 Å². The lowest BCUT2D eigenvalue weighted by Gasteiger charge is -2.08. The molecule has 2 aliphatic rings. The molecule has 2 N–H and O–H groups in total. The van der Waals surface area contributed by atoms with Gasteiger partial charge in [-0.3, -0.25) is 4.79 Å². The Morgan fingerprint density at radius 2 is 1.89 bits per heavy atom. The predicted octanol–water partition coefficient (Wildman–Crippen LogP) is 1.62. The summed E-state index contributed by atoms with van der Waals surface area (Å²) in [5, 5.41) is 6.46. The minimum Gasteiger partial charge on any atom is -0.349 e. The second-order valence-electron chi connectivity index (χ2n) is 5.04. The van der Waals surface area contributed by atoms with Crippen molar-refractivity contribution in [2.45, 2.75) is 19.4 Å². The summed E-state index contributed by atoms with van der Waals surface area (Å²) in [6.07, 6.45) is 1.01. The molecule has 0 spiro atoms. The lowest BCUT2D eigenvalue weighted by atomic mass is 10.1. The predicted molar refractivity (Wildman–Crippen MR) is 74.2 cm³/mol. The highest BCUT2D eigenvalue weighted by atomic mass is 35.5. The first-order chi connectivity index (χ1) is 8.29. The van der Waals surface area contributed by atoms with E-state index in [1.807, 2.05) is 24.3 Å². The minimum atomic E-state index is 0. The fraction of sp³-hybridized carbons (Fsp3) is 0.500. The van der Waals surface area contributed by atoms with Crippen LogP contribution in [0.25, 0.3) is 0 Å². The maximum atomic E-state index is 12.0. The Morgan fingerprint density at radius 1 is 1.28 bits per heavy atom. The monoisotopic (exact) mass is 266 g/mol. The summed E-state index contributed by atoms with van der Waals surface area (Å²) in [6, 6.07) is 8.32. The molecule has 1 saturated heterocycles. The van der Waals surface area contributed by atoms with Crippen molar-refractivity contribution in [2.75, 3.05) is 13.1 Å². The molecule has 1 aliphatic carbocycles. The normalized spacial score (nSPS) is 28.2. The van der Waals surface area contributed by atoms with E-state index in [2.05, 4.69) is 17.6 Å². The first-order valence-electron chi connectivity index (χ1n) is 6.40. The highest BCUT2D eigenvalue weighted by molar-refractivity contribution is 5.94. The second-order valence-corrected chi connectivity index (χ2v) is 5.04. The third-order valence-electron chi connectivity index (χ3n) is 4.01. The third-order valence-corrected chi connectivity index (χ3v) is 4.01. The molecule has 98 valence electrons. The van der Waals surface area contributed by atoms with Crippen molar-refractivity contribution in [1.29, 1.82) is 0 Å². The average molecular weight is 267 g/mol. The Bertz CT molecular complexity index is 422. The van der Waals surface area contributed by atoms with Crippen LogP contribution in [0.15, 0.2) is 24.3 Å². The summed E-state index contributed by atoms with van der Waals surface area (Å²) < 4.78 is 0. The van der Waals surface area contributed by atoms with Gasteiger partial charge >= 0.3 is 0 Å². The van der Waals surface area contributed by atoms with Gasteiger partial charge in [0, 0.05) is 24.7 Å². The van der Waals surface area contributed by atoms with E-state index in [1.54, 1.807) is 0 Å². The van der Waals surface area contributed by atoms with Crippen LogP contribution in [0.1, 0.15) is 22.8 Å². The van der Waals surface area contributed by atoms with E-state index in [9.17, 15) is 4.79 Å². The van der Waals surface area contributed by atoms with Crippen molar-refractivity contribution in [3.63, 3.8) is 0 Å². The highest BCUT2D eigenvalue weighted by Crippen LogP contribution is 2.41. The van der Waals surface area contributed by atoms with Gasteiger partial charge in [0.2, 0.25) is 0 Å². The van der Waals surface area contributed by atoms with Crippen molar-refractivity contribution in [1.82, 2.24) is 10.6 Å². The summed E-state index contributed by atoms with van der Waals surface area (Å²) in [5.74, 6) is 1.43. The van der Waals surface area contributed by atoms with Crippen LogP contribution in [0.2, 0.25) is 0 Å². The number of piperidine rings is 1. The third kappa shape index (κ3) is 2.38. The van der Waals surface area contributed by atoms with Gasteiger partial charge in [0.15, 0.2) is 0 Å². The molecule has 2 atom stereocenters. The van der Waals surface area contributed by atoms with Crippen LogP contribution in [0.3, 0.4) is 0 Å². The van der Waals surface area contributed by atoms with Crippen LogP contribution in [-0.2, 0) is 6.42 Å². The number of hydrogen-bond acceptors (Lipinski definition) is 2. The molecule has 3 rings (SSSR count). The fourth-order valence-electron chi connectivity index (χ4n) is 2.76. The fourth-order valence-corrected chi connectivity index (χ4v) is 2.76. The van der Waals surface area contributed by atoms with Crippen LogP contribution >= 0.6 is 12.4 Å². The first kappa shape index (κ1) is 13.4. The van der Waals surface area contributed by atoms with E-state index < -0.39 is 0 Å². The van der Waals surface area contributed by atoms with E-state index in [-0.39, 0.29) is 18.3 Å². The number of amides is 1. The number of carbonyl (C=O) groups is 1. The molecule has 2 fully saturated rings. The molecular formula is C14H19ClN2O. The Labute approximate surface area is 114 Å². The maximum Gasteiger partial charge on any atom is 0.251 e. The molecule has 0 bridgehead atoms. The van der Waals surface area contributed by atoms with Gasteiger partial charge in [-0.1, -0.05) is 19.1 Å². The summed E-state index contributed by atoms with van der Waals surface area (Å²) in [7, 11) is 0. The minimum absolute atomic E-state index is 0. The van der Waals surface area contributed by atoms with Crippen molar-refractivity contribution >= 4 is 18.3 Å². The highest BCUT2D eigenvalue weighted by Gasteiger charge is 2.53. The van der Waals surface area contributed by atoms with E-state index in [0.717, 1.165) is 25.1 Å². The molecule has 1 aromatic rings. The first-order valence-corrected chi connectivity index (χ1v) is 6.40. The van der Waals surface area contributed by atoms with Gasteiger partial charge in [0.1, 0.15) is 0 Å². The quantitative estimate of drug-likeness (QED) is 0.873. The molecular weight excluding hydrogens is 248 g/mol. The van der Waals surface area contributed by atoms with Gasteiger partial charge in [-0.05, 0) is 36.0 Å². The Balaban J connectivity index is 0.00000120. The summed E-state index contributed by atoms with van der Waals surface area (Å²) in [5.41, 5.74) is 2.05. The number of hydrogen-bond donors (Lipinski definition) is 2. The molecule has 0 aromatic heterocycles. The average Bonchev–Trinajstić information content (AvgIpc) is 2.80. The van der Waals surface area contributed by atoms with Crippen molar-refractivity contribution in [2.24, 2.45) is 11.8 Å². The number of nitrogens with one attached hydrogen (secondary N) is 2. The van der Waals surface area contributed by atoms with Crippen LogP contribution in [0, 0.1) is 11.8 Å². The van der Waals surface area contributed by atoms with E-state index in [0.29, 0.717) is 17.9 Å². The zero-order valence-electron chi connectivity index (χ0n) is 10.5. The van der Waals surface area contributed by atoms with Crippen LogP contribution in [0.5, 0.6) is 0 Å². The van der Waals surface area contributed by atoms with Gasteiger partial charge in [0.25, 0.3) is 5.91 Å². The molecule has 1 aromatic carbocycles. The van der Waals surface area contributed by atoms with Gasteiger partial charge in [-0.2, -0.15) is 0 Å². The maximum absolute atomic E-state index is 12.0. The van der Waals surface area contributed by atoms with E-state index >= 15 is 0 Å². The smallest absolute Gasteiger partial charge is 0.251 e. The molecule has 1 saturated carbocycles. The van der Waals surface area contributed by atoms with Crippen LogP contribution in [-0.4, -0.2) is 25.0 Å². The van der Waals surface area contributed by atoms with Crippen molar-refractivity contribution < 1.29 is 4.79 Å². The molecule has 1 heterocycles. The number of carbonyl (C=O) groups excluding carboxylic acids is 1. The number of aryl methyl sites for hydroxylation is 1. The number of benzene rings is 1. The lowest BCUT2D eigenvalue weighted by molar-refractivity contribution is 0.0946.